The molecular weight excluding hydrogens is 462 g/mol. The number of fused-ring (bicyclic) bond motifs is 2. The maximum Gasteiger partial charge on any atom is 0.244 e. The predicted octanol–water partition coefficient (Wildman–Crippen LogP) is 2.53. The fourth-order valence-corrected chi connectivity index (χ4v) is 5.28. The zero-order valence-corrected chi connectivity index (χ0v) is 20.5. The van der Waals surface area contributed by atoms with E-state index in [2.05, 4.69) is 15.6 Å². The average molecular weight is 492 g/mol. The van der Waals surface area contributed by atoms with Crippen LogP contribution in [-0.4, -0.2) is 53.4 Å². The van der Waals surface area contributed by atoms with Crippen molar-refractivity contribution in [2.75, 3.05) is 7.05 Å². The molecule has 4 aromatic rings. The van der Waals surface area contributed by atoms with Gasteiger partial charge in [0.2, 0.25) is 18.2 Å². The first kappa shape index (κ1) is 24.4. The molecule has 1 unspecified atom stereocenters. The number of hydrogen-bond acceptors (Lipinski definition) is 5. The van der Waals surface area contributed by atoms with Crippen LogP contribution in [0.3, 0.4) is 0 Å². The second-order valence-electron chi connectivity index (χ2n) is 8.62. The molecule has 3 atom stereocenters. The summed E-state index contributed by atoms with van der Waals surface area (Å²) in [5.41, 5.74) is 8.76. The number of nitrogens with one attached hydrogen (secondary N) is 3. The van der Waals surface area contributed by atoms with E-state index in [-0.39, 0.29) is 11.8 Å². The highest BCUT2D eigenvalue weighted by molar-refractivity contribution is 7.17. The molecule has 0 aliphatic carbocycles. The van der Waals surface area contributed by atoms with E-state index in [0.29, 0.717) is 19.3 Å². The largest absolute Gasteiger partial charge is 0.361 e. The van der Waals surface area contributed by atoms with Crippen LogP contribution in [0.5, 0.6) is 0 Å². The van der Waals surface area contributed by atoms with Gasteiger partial charge in [-0.2, -0.15) is 0 Å². The van der Waals surface area contributed by atoms with Crippen LogP contribution in [0.2, 0.25) is 0 Å². The Kier molecular flexibility index (Phi) is 7.48. The molecule has 0 aliphatic rings. The van der Waals surface area contributed by atoms with Crippen LogP contribution in [0.1, 0.15) is 18.1 Å². The quantitative estimate of drug-likeness (QED) is 0.201. The number of carbonyl (C=O) groups excluding carboxylic acids is 3. The summed E-state index contributed by atoms with van der Waals surface area (Å²) in [6.45, 7) is 1.60. The molecule has 3 amide bonds. The Morgan fingerprint density at radius 1 is 1.09 bits per heavy atom. The Labute approximate surface area is 207 Å². The second-order valence-corrected chi connectivity index (χ2v) is 9.54. The topological polar surface area (TPSA) is 120 Å². The molecule has 0 saturated heterocycles. The van der Waals surface area contributed by atoms with E-state index in [0.717, 1.165) is 32.1 Å². The number of para-hydroxylation sites is 1. The zero-order chi connectivity index (χ0) is 24.9. The van der Waals surface area contributed by atoms with Gasteiger partial charge in [-0.05, 0) is 40.9 Å². The number of aromatic amines is 1. The van der Waals surface area contributed by atoms with Gasteiger partial charge in [-0.3, -0.25) is 14.4 Å². The third-order valence-corrected chi connectivity index (χ3v) is 7.18. The van der Waals surface area contributed by atoms with E-state index >= 15 is 0 Å². The predicted molar refractivity (Wildman–Crippen MR) is 139 cm³/mol. The summed E-state index contributed by atoms with van der Waals surface area (Å²) in [5, 5.41) is 9.72. The first-order valence-corrected chi connectivity index (χ1v) is 12.3. The highest BCUT2D eigenvalue weighted by Gasteiger charge is 2.31. The molecule has 182 valence electrons. The number of nitrogens with zero attached hydrogens (tertiary/aromatic N) is 1. The minimum Gasteiger partial charge on any atom is -0.361 e. The molecule has 4 rings (SSSR count). The molecule has 0 spiro atoms. The van der Waals surface area contributed by atoms with Gasteiger partial charge in [-0.25, -0.2) is 0 Å². The fraction of sp³-hybridized carbons (Fsp3) is 0.269. The van der Waals surface area contributed by atoms with Crippen LogP contribution in [0, 0.1) is 0 Å². The Hall–Kier alpha value is -3.69. The van der Waals surface area contributed by atoms with Crippen molar-refractivity contribution in [3.63, 3.8) is 0 Å². The van der Waals surface area contributed by atoms with Gasteiger partial charge < -0.3 is 26.3 Å². The molecule has 0 aliphatic heterocycles. The molecule has 0 radical (unpaired) electrons. The summed E-state index contributed by atoms with van der Waals surface area (Å²) >= 11 is 1.60. The van der Waals surface area contributed by atoms with Crippen LogP contribution >= 0.6 is 11.3 Å². The standard InChI is InChI=1S/C26H29N5O3S/c1-16(27)26(34)31(2)22(11-18-14-35-23-10-6-4-8-20(18)23)25(33)30-24(29-15-32)12-17-13-28-21-9-5-3-7-19(17)21/h3-10,13-16,22,24,28H,11-12,27H2,1-2H3,(H,29,32)(H,30,33)/t16-,22-,24?/m1/s1. The monoisotopic (exact) mass is 491 g/mol. The van der Waals surface area contributed by atoms with Crippen LogP contribution in [0.4, 0.5) is 0 Å². The zero-order valence-electron chi connectivity index (χ0n) is 19.7. The maximum absolute atomic E-state index is 13.5. The van der Waals surface area contributed by atoms with Crippen LogP contribution in [0.25, 0.3) is 21.0 Å². The molecule has 35 heavy (non-hydrogen) atoms. The van der Waals surface area contributed by atoms with Gasteiger partial charge in [0.15, 0.2) is 0 Å². The number of rotatable bonds is 10. The normalized spacial score (nSPS) is 13.8. The number of H-pyrrole nitrogens is 1. The smallest absolute Gasteiger partial charge is 0.244 e. The highest BCUT2D eigenvalue weighted by Crippen LogP contribution is 2.27. The third kappa shape index (κ3) is 5.36. The van der Waals surface area contributed by atoms with Gasteiger partial charge in [0, 0.05) is 41.7 Å². The average Bonchev–Trinajstić information content (AvgIpc) is 3.46. The lowest BCUT2D eigenvalue weighted by molar-refractivity contribution is -0.140. The van der Waals surface area contributed by atoms with Crippen molar-refractivity contribution < 1.29 is 14.4 Å². The van der Waals surface area contributed by atoms with Crippen molar-refractivity contribution in [3.8, 4) is 0 Å². The van der Waals surface area contributed by atoms with Crippen molar-refractivity contribution >= 4 is 50.6 Å². The summed E-state index contributed by atoms with van der Waals surface area (Å²) in [4.78, 5) is 42.2. The van der Waals surface area contributed by atoms with Gasteiger partial charge in [-0.15, -0.1) is 11.3 Å². The number of likely N-dealkylation sites (N-methyl/N-ethyl adjacent to an activating group) is 1. The van der Waals surface area contributed by atoms with E-state index in [1.807, 2.05) is 60.1 Å². The number of carbonyl (C=O) groups is 3. The minimum absolute atomic E-state index is 0.325. The molecule has 2 heterocycles. The first-order valence-electron chi connectivity index (χ1n) is 11.4. The third-order valence-electron chi connectivity index (χ3n) is 6.17. The summed E-state index contributed by atoms with van der Waals surface area (Å²) in [6.07, 6.45) is 2.49. The SMILES string of the molecule is C[C@@H](N)C(=O)N(C)[C@H](Cc1csc2ccccc12)C(=O)NC(Cc1c[nH]c2ccccc12)NC=O. The highest BCUT2D eigenvalue weighted by atomic mass is 32.1. The van der Waals surface area contributed by atoms with Crippen molar-refractivity contribution in [1.82, 2.24) is 20.5 Å². The van der Waals surface area contributed by atoms with Gasteiger partial charge in [0.1, 0.15) is 12.2 Å². The van der Waals surface area contributed by atoms with Crippen LogP contribution in [0.15, 0.2) is 60.1 Å². The number of nitrogens with two attached hydrogens (primary N) is 1. The van der Waals surface area contributed by atoms with E-state index in [1.165, 1.54) is 4.90 Å². The Morgan fingerprint density at radius 2 is 1.80 bits per heavy atom. The number of benzene rings is 2. The fourth-order valence-electron chi connectivity index (χ4n) is 4.30. The van der Waals surface area contributed by atoms with Crippen molar-refractivity contribution in [2.24, 2.45) is 5.73 Å². The van der Waals surface area contributed by atoms with E-state index < -0.39 is 18.2 Å². The molecular formula is C26H29N5O3S. The molecule has 2 aromatic carbocycles. The Balaban J connectivity index is 1.59. The lowest BCUT2D eigenvalue weighted by Gasteiger charge is -2.30. The number of thiophene rings is 1. The van der Waals surface area contributed by atoms with E-state index in [4.69, 9.17) is 5.73 Å². The number of amides is 3. The van der Waals surface area contributed by atoms with Gasteiger partial charge in [-0.1, -0.05) is 36.4 Å². The molecule has 0 saturated carbocycles. The van der Waals surface area contributed by atoms with Gasteiger partial charge in [0.05, 0.1) is 6.04 Å². The van der Waals surface area contributed by atoms with Gasteiger partial charge >= 0.3 is 0 Å². The molecule has 2 aromatic heterocycles. The Morgan fingerprint density at radius 3 is 2.54 bits per heavy atom. The summed E-state index contributed by atoms with van der Waals surface area (Å²) in [6, 6.07) is 14.3. The molecule has 5 N–H and O–H groups in total. The number of hydrogen-bond donors (Lipinski definition) is 4. The lowest BCUT2D eigenvalue weighted by Crippen LogP contribution is -2.56. The van der Waals surface area contributed by atoms with Crippen molar-refractivity contribution in [1.29, 1.82) is 0 Å². The van der Waals surface area contributed by atoms with Crippen LogP contribution < -0.4 is 16.4 Å². The van der Waals surface area contributed by atoms with E-state index in [1.54, 1.807) is 25.3 Å². The number of aromatic nitrogens is 1. The lowest BCUT2D eigenvalue weighted by atomic mass is 10.0. The van der Waals surface area contributed by atoms with Crippen molar-refractivity contribution in [2.45, 2.75) is 38.0 Å². The van der Waals surface area contributed by atoms with Crippen molar-refractivity contribution in [3.05, 3.63) is 71.2 Å². The summed E-state index contributed by atoms with van der Waals surface area (Å²) < 4.78 is 1.11. The summed E-state index contributed by atoms with van der Waals surface area (Å²) in [7, 11) is 1.59. The van der Waals surface area contributed by atoms with Gasteiger partial charge in [0.25, 0.3) is 0 Å². The molecule has 0 fully saturated rings. The molecule has 8 nitrogen and oxygen atoms in total. The first-order chi connectivity index (χ1) is 16.9. The van der Waals surface area contributed by atoms with Crippen LogP contribution in [-0.2, 0) is 27.2 Å². The minimum atomic E-state index is -0.801. The summed E-state index contributed by atoms with van der Waals surface area (Å²) in [5.74, 6) is -0.697. The second kappa shape index (κ2) is 10.7. The molecule has 0 bridgehead atoms. The Bertz CT molecular complexity index is 1350. The maximum atomic E-state index is 13.5. The van der Waals surface area contributed by atoms with E-state index in [9.17, 15) is 14.4 Å². The molecule has 9 heteroatoms.